The molecule has 0 aliphatic rings. The molecule has 0 radical (unpaired) electrons. The van der Waals surface area contributed by atoms with Crippen LogP contribution in [-0.4, -0.2) is 25.0 Å². The Kier molecular flexibility index (Phi) is 14.1. The number of hydrogen-bond acceptors (Lipinski definition) is 4. The largest absolute Gasteiger partial charge is 0.434 e. The van der Waals surface area contributed by atoms with Gasteiger partial charge in [-0.3, -0.25) is 9.59 Å². The van der Waals surface area contributed by atoms with Gasteiger partial charge in [-0.25, -0.2) is 0 Å². The van der Waals surface area contributed by atoms with E-state index in [-0.39, 0.29) is 17.2 Å². The molecule has 0 aromatic rings. The molecule has 6 nitrogen and oxygen atoms in total. The Morgan fingerprint density at radius 1 is 1.07 bits per heavy atom. The number of nitrogens with two attached hydrogens (primary N) is 1. The molecular formula is C22H31F2N3O3. The van der Waals surface area contributed by atoms with E-state index in [1.54, 1.807) is 26.0 Å². The maximum Gasteiger partial charge on any atom is 0.387 e. The van der Waals surface area contributed by atoms with Crippen LogP contribution in [0.4, 0.5) is 8.78 Å². The molecule has 0 aromatic carbocycles. The number of hydrogen-bond donors (Lipinski definition) is 3. The van der Waals surface area contributed by atoms with E-state index in [9.17, 15) is 18.4 Å². The topological polar surface area (TPSA) is 93.5 Å². The highest BCUT2D eigenvalue weighted by atomic mass is 19.3. The lowest BCUT2D eigenvalue weighted by Crippen LogP contribution is -2.28. The Morgan fingerprint density at radius 3 is 2.27 bits per heavy atom. The first-order valence-electron chi connectivity index (χ1n) is 9.57. The van der Waals surface area contributed by atoms with E-state index in [1.165, 1.54) is 24.3 Å². The van der Waals surface area contributed by atoms with Crippen molar-refractivity contribution in [2.24, 2.45) is 5.73 Å². The quantitative estimate of drug-likeness (QED) is 0.171. The standard InChI is InChI=1S/C22H31F2N3O3/c1-5-12-17(25)18(8-4)27-20(28)14-10-9-11-15-26-21(29)16(7-3)19(13-6-2)30-22(23)24/h5-8,12-13,22H,1-2,9-11,14-15,25H2,3-4H3,(H,26,29)(H,27,28)/b16-7+,17-12+,18-8+,19-13+. The van der Waals surface area contributed by atoms with Gasteiger partial charge in [-0.15, -0.1) is 0 Å². The first kappa shape index (κ1) is 26.8. The first-order chi connectivity index (χ1) is 14.3. The molecule has 0 saturated carbocycles. The van der Waals surface area contributed by atoms with Crippen molar-refractivity contribution < 1.29 is 23.1 Å². The smallest absolute Gasteiger partial charge is 0.387 e. The minimum atomic E-state index is -3.05. The summed E-state index contributed by atoms with van der Waals surface area (Å²) in [6.07, 6.45) is 10.9. The molecule has 8 heteroatoms. The molecule has 0 aliphatic carbocycles. The van der Waals surface area contributed by atoms with Crippen LogP contribution in [0.1, 0.15) is 39.5 Å². The summed E-state index contributed by atoms with van der Waals surface area (Å²) in [5, 5.41) is 5.39. The molecule has 0 atom stereocenters. The minimum Gasteiger partial charge on any atom is -0.434 e. The number of allylic oxidation sites excluding steroid dienone is 6. The van der Waals surface area contributed by atoms with Gasteiger partial charge in [-0.1, -0.05) is 43.9 Å². The van der Waals surface area contributed by atoms with Crippen LogP contribution in [0.3, 0.4) is 0 Å². The van der Waals surface area contributed by atoms with Crippen LogP contribution in [0.2, 0.25) is 0 Å². The lowest BCUT2D eigenvalue weighted by atomic mass is 10.1. The Labute approximate surface area is 176 Å². The number of rotatable bonds is 14. The number of alkyl halides is 2. The highest BCUT2D eigenvalue weighted by Crippen LogP contribution is 2.16. The van der Waals surface area contributed by atoms with Crippen molar-refractivity contribution in [2.75, 3.05) is 6.54 Å². The van der Waals surface area contributed by atoms with Gasteiger partial charge in [-0.2, -0.15) is 8.78 Å². The Balaban J connectivity index is 4.37. The molecular weight excluding hydrogens is 392 g/mol. The third kappa shape index (κ3) is 11.0. The van der Waals surface area contributed by atoms with Crippen molar-refractivity contribution >= 4 is 11.8 Å². The molecule has 30 heavy (non-hydrogen) atoms. The van der Waals surface area contributed by atoms with Crippen LogP contribution in [0.15, 0.2) is 72.3 Å². The Morgan fingerprint density at radius 2 is 1.73 bits per heavy atom. The van der Waals surface area contributed by atoms with Crippen LogP contribution in [0.25, 0.3) is 0 Å². The number of amides is 2. The van der Waals surface area contributed by atoms with E-state index in [2.05, 4.69) is 28.5 Å². The van der Waals surface area contributed by atoms with Crippen molar-refractivity contribution in [1.82, 2.24) is 10.6 Å². The van der Waals surface area contributed by atoms with Gasteiger partial charge < -0.3 is 21.1 Å². The number of carbonyl (C=O) groups excluding carboxylic acids is 2. The summed E-state index contributed by atoms with van der Waals surface area (Å²) in [5.41, 5.74) is 6.76. The molecule has 0 fully saturated rings. The van der Waals surface area contributed by atoms with Gasteiger partial charge in [0.25, 0.3) is 5.91 Å². The number of unbranched alkanes of at least 4 members (excludes halogenated alkanes) is 2. The SMILES string of the molecule is C=C/C=C(N)\C(=C/C)NC(=O)CCCCCNC(=O)C(=C/C)/C(=C\C=C)OC(F)F. The summed E-state index contributed by atoms with van der Waals surface area (Å²) in [5.74, 6) is -0.931. The predicted octanol–water partition coefficient (Wildman–Crippen LogP) is 3.97. The minimum absolute atomic E-state index is 0.00127. The van der Waals surface area contributed by atoms with Gasteiger partial charge in [0, 0.05) is 13.0 Å². The summed E-state index contributed by atoms with van der Waals surface area (Å²) >= 11 is 0. The predicted molar refractivity (Wildman–Crippen MR) is 115 cm³/mol. The van der Waals surface area contributed by atoms with E-state index in [0.717, 1.165) is 0 Å². The highest BCUT2D eigenvalue weighted by molar-refractivity contribution is 5.97. The van der Waals surface area contributed by atoms with Crippen molar-refractivity contribution in [2.45, 2.75) is 46.1 Å². The average Bonchev–Trinajstić information content (AvgIpc) is 2.69. The fourth-order valence-electron chi connectivity index (χ4n) is 2.41. The summed E-state index contributed by atoms with van der Waals surface area (Å²) in [6, 6.07) is 0. The van der Waals surface area contributed by atoms with Gasteiger partial charge in [0.2, 0.25) is 5.91 Å². The summed E-state index contributed by atoms with van der Waals surface area (Å²) in [6.45, 7) is 7.59. The lowest BCUT2D eigenvalue weighted by molar-refractivity contribution is -0.121. The Bertz CT molecular complexity index is 723. The van der Waals surface area contributed by atoms with E-state index in [0.29, 0.717) is 43.6 Å². The van der Waals surface area contributed by atoms with E-state index < -0.39 is 12.5 Å². The molecule has 0 aliphatic heterocycles. The summed E-state index contributed by atoms with van der Waals surface area (Å²) < 4.78 is 29.4. The molecule has 4 N–H and O–H groups in total. The number of ether oxygens (including phenoxy) is 1. The van der Waals surface area contributed by atoms with Crippen LogP contribution in [0, 0.1) is 0 Å². The summed E-state index contributed by atoms with van der Waals surface area (Å²) in [4.78, 5) is 24.2. The third-order valence-electron chi connectivity index (χ3n) is 3.82. The average molecular weight is 424 g/mol. The van der Waals surface area contributed by atoms with E-state index >= 15 is 0 Å². The van der Waals surface area contributed by atoms with Crippen LogP contribution in [-0.2, 0) is 14.3 Å². The van der Waals surface area contributed by atoms with Gasteiger partial charge >= 0.3 is 6.61 Å². The second-order valence-electron chi connectivity index (χ2n) is 6.02. The van der Waals surface area contributed by atoms with Gasteiger partial charge in [0.05, 0.1) is 17.0 Å². The maximum absolute atomic E-state index is 12.5. The van der Waals surface area contributed by atoms with Gasteiger partial charge in [-0.05, 0) is 38.8 Å². The van der Waals surface area contributed by atoms with Gasteiger partial charge in [0.1, 0.15) is 5.76 Å². The zero-order valence-electron chi connectivity index (χ0n) is 17.5. The van der Waals surface area contributed by atoms with Gasteiger partial charge in [0.15, 0.2) is 0 Å². The zero-order chi connectivity index (χ0) is 22.9. The summed E-state index contributed by atoms with van der Waals surface area (Å²) in [7, 11) is 0. The first-order valence-corrected chi connectivity index (χ1v) is 9.57. The zero-order valence-corrected chi connectivity index (χ0v) is 17.5. The molecule has 2 amide bonds. The van der Waals surface area contributed by atoms with Crippen molar-refractivity contribution in [3.8, 4) is 0 Å². The van der Waals surface area contributed by atoms with Crippen LogP contribution in [0.5, 0.6) is 0 Å². The second kappa shape index (κ2) is 15.7. The lowest BCUT2D eigenvalue weighted by Gasteiger charge is -2.13. The molecule has 0 aromatic heterocycles. The molecule has 0 bridgehead atoms. The number of carbonyl (C=O) groups is 2. The molecule has 0 heterocycles. The van der Waals surface area contributed by atoms with Crippen molar-refractivity contribution in [3.63, 3.8) is 0 Å². The molecule has 166 valence electrons. The maximum atomic E-state index is 12.5. The normalized spacial score (nSPS) is 13.1. The molecule has 0 saturated heterocycles. The van der Waals surface area contributed by atoms with Crippen molar-refractivity contribution in [3.05, 3.63) is 72.3 Å². The fraction of sp³-hybridized carbons (Fsp3) is 0.364. The monoisotopic (exact) mass is 423 g/mol. The van der Waals surface area contributed by atoms with E-state index in [1.807, 2.05) is 0 Å². The molecule has 0 spiro atoms. The third-order valence-corrected chi connectivity index (χ3v) is 3.82. The van der Waals surface area contributed by atoms with Crippen LogP contribution >= 0.6 is 0 Å². The number of nitrogens with one attached hydrogen (secondary N) is 2. The van der Waals surface area contributed by atoms with Crippen molar-refractivity contribution in [1.29, 1.82) is 0 Å². The van der Waals surface area contributed by atoms with E-state index in [4.69, 9.17) is 5.73 Å². The second-order valence-corrected chi connectivity index (χ2v) is 6.02. The Hall–Kier alpha value is -3.16. The molecule has 0 rings (SSSR count). The number of halogens is 2. The molecule has 0 unspecified atom stereocenters. The van der Waals surface area contributed by atoms with Crippen LogP contribution < -0.4 is 16.4 Å². The highest BCUT2D eigenvalue weighted by Gasteiger charge is 2.17. The fourth-order valence-corrected chi connectivity index (χ4v) is 2.41.